The van der Waals surface area contributed by atoms with Crippen molar-refractivity contribution < 1.29 is 9.59 Å². The molecular formula is C15H28N4O2. The summed E-state index contributed by atoms with van der Waals surface area (Å²) in [4.78, 5) is 25.7. The van der Waals surface area contributed by atoms with Crippen molar-refractivity contribution in [2.45, 2.75) is 57.5 Å². The first-order valence-corrected chi connectivity index (χ1v) is 8.24. The molecule has 0 aromatic rings. The maximum atomic E-state index is 12.0. The first-order chi connectivity index (χ1) is 10.2. The number of nitrogens with zero attached hydrogens (tertiary/aromatic N) is 1. The van der Waals surface area contributed by atoms with Crippen LogP contribution in [0, 0.1) is 0 Å². The fourth-order valence-electron chi connectivity index (χ4n) is 2.78. The molecule has 0 spiro atoms. The number of carbonyl (C=O) groups excluding carboxylic acids is 2. The van der Waals surface area contributed by atoms with Crippen LogP contribution >= 0.6 is 0 Å². The predicted molar refractivity (Wildman–Crippen MR) is 82.1 cm³/mol. The van der Waals surface area contributed by atoms with Gasteiger partial charge < -0.3 is 10.6 Å². The number of urea groups is 1. The molecule has 120 valence electrons. The molecule has 1 heterocycles. The Bertz CT molecular complexity index is 352. The number of nitrogens with one attached hydrogen (secondary N) is 3. The highest BCUT2D eigenvalue weighted by molar-refractivity contribution is 5.95. The molecular weight excluding hydrogens is 268 g/mol. The molecule has 1 aliphatic carbocycles. The molecule has 21 heavy (non-hydrogen) atoms. The molecule has 0 aromatic carbocycles. The van der Waals surface area contributed by atoms with E-state index in [9.17, 15) is 9.59 Å². The zero-order valence-corrected chi connectivity index (χ0v) is 13.0. The summed E-state index contributed by atoms with van der Waals surface area (Å²) in [7, 11) is 0. The lowest BCUT2D eigenvalue weighted by atomic mass is 10.0. The van der Waals surface area contributed by atoms with E-state index in [0.29, 0.717) is 25.2 Å². The Morgan fingerprint density at radius 1 is 1.24 bits per heavy atom. The van der Waals surface area contributed by atoms with Crippen LogP contribution in [0.15, 0.2) is 0 Å². The van der Waals surface area contributed by atoms with Gasteiger partial charge in [0, 0.05) is 25.2 Å². The standard InChI is InChI=1S/C15H28N4O2/c1-2-8-17-15(21)18-14(20)11-19(13-6-7-13)10-12-5-3-4-9-16-12/h12-13,16H,2-11H2,1H3,(H2,17,18,20,21). The number of carbonyl (C=O) groups is 2. The quantitative estimate of drug-likeness (QED) is 0.650. The highest BCUT2D eigenvalue weighted by Crippen LogP contribution is 2.27. The number of rotatable bonds is 7. The Labute approximate surface area is 127 Å². The minimum atomic E-state index is -0.381. The van der Waals surface area contributed by atoms with E-state index in [4.69, 9.17) is 0 Å². The Kier molecular flexibility index (Phi) is 6.45. The zero-order valence-electron chi connectivity index (χ0n) is 13.0. The second-order valence-electron chi connectivity index (χ2n) is 6.11. The van der Waals surface area contributed by atoms with Gasteiger partial charge in [-0.05, 0) is 38.6 Å². The Hall–Kier alpha value is -1.14. The van der Waals surface area contributed by atoms with Crippen molar-refractivity contribution in [3.05, 3.63) is 0 Å². The molecule has 1 saturated heterocycles. The molecule has 0 radical (unpaired) electrons. The molecule has 3 amide bonds. The van der Waals surface area contributed by atoms with Gasteiger partial charge in [0.1, 0.15) is 0 Å². The monoisotopic (exact) mass is 296 g/mol. The van der Waals surface area contributed by atoms with Gasteiger partial charge in [0.2, 0.25) is 5.91 Å². The molecule has 0 bridgehead atoms. The van der Waals surface area contributed by atoms with Gasteiger partial charge in [0.15, 0.2) is 0 Å². The van der Waals surface area contributed by atoms with E-state index in [0.717, 1.165) is 19.5 Å². The molecule has 1 saturated carbocycles. The predicted octanol–water partition coefficient (Wildman–Crippen LogP) is 0.829. The molecule has 2 aliphatic rings. The number of imide groups is 1. The summed E-state index contributed by atoms with van der Waals surface area (Å²) in [5, 5.41) is 8.60. The molecule has 6 heteroatoms. The van der Waals surface area contributed by atoms with Gasteiger partial charge in [-0.2, -0.15) is 0 Å². The van der Waals surface area contributed by atoms with Crippen LogP contribution < -0.4 is 16.0 Å². The summed E-state index contributed by atoms with van der Waals surface area (Å²) in [6, 6.07) is 0.632. The van der Waals surface area contributed by atoms with Gasteiger partial charge in [0.05, 0.1) is 6.54 Å². The van der Waals surface area contributed by atoms with Crippen LogP contribution in [0.2, 0.25) is 0 Å². The minimum absolute atomic E-state index is 0.202. The second-order valence-corrected chi connectivity index (χ2v) is 6.11. The van der Waals surface area contributed by atoms with Crippen molar-refractivity contribution in [3.63, 3.8) is 0 Å². The van der Waals surface area contributed by atoms with E-state index in [1.165, 1.54) is 32.1 Å². The molecule has 1 unspecified atom stereocenters. The van der Waals surface area contributed by atoms with Crippen LogP contribution in [0.1, 0.15) is 45.4 Å². The first-order valence-electron chi connectivity index (χ1n) is 8.24. The first kappa shape index (κ1) is 16.2. The van der Waals surface area contributed by atoms with Gasteiger partial charge in [-0.15, -0.1) is 0 Å². The Morgan fingerprint density at radius 3 is 2.67 bits per heavy atom. The van der Waals surface area contributed by atoms with Gasteiger partial charge in [-0.25, -0.2) is 4.79 Å². The number of amides is 3. The minimum Gasteiger partial charge on any atom is -0.338 e. The summed E-state index contributed by atoms with van der Waals surface area (Å²) >= 11 is 0. The van der Waals surface area contributed by atoms with E-state index < -0.39 is 0 Å². The molecule has 2 fully saturated rings. The average Bonchev–Trinajstić information content (AvgIpc) is 3.30. The van der Waals surface area contributed by atoms with E-state index >= 15 is 0 Å². The van der Waals surface area contributed by atoms with Crippen molar-refractivity contribution >= 4 is 11.9 Å². The van der Waals surface area contributed by atoms with Crippen LogP contribution in [-0.4, -0.2) is 55.1 Å². The van der Waals surface area contributed by atoms with Gasteiger partial charge >= 0.3 is 6.03 Å². The summed E-state index contributed by atoms with van der Waals surface area (Å²) in [5.41, 5.74) is 0. The lowest BCUT2D eigenvalue weighted by Crippen LogP contribution is -2.49. The third kappa shape index (κ3) is 6.01. The molecule has 0 aromatic heterocycles. The molecule has 6 nitrogen and oxygen atoms in total. The normalized spacial score (nSPS) is 22.1. The van der Waals surface area contributed by atoms with Crippen LogP contribution in [0.4, 0.5) is 4.79 Å². The smallest absolute Gasteiger partial charge is 0.321 e. The average molecular weight is 296 g/mol. The second kappa shape index (κ2) is 8.34. The number of hydrogen-bond donors (Lipinski definition) is 3. The zero-order chi connectivity index (χ0) is 15.1. The highest BCUT2D eigenvalue weighted by atomic mass is 16.2. The van der Waals surface area contributed by atoms with E-state index in [1.54, 1.807) is 0 Å². The number of piperidine rings is 1. The van der Waals surface area contributed by atoms with Crippen LogP contribution in [0.3, 0.4) is 0 Å². The molecule has 1 atom stereocenters. The fourth-order valence-corrected chi connectivity index (χ4v) is 2.78. The van der Waals surface area contributed by atoms with Gasteiger partial charge in [-0.3, -0.25) is 15.0 Å². The molecule has 3 N–H and O–H groups in total. The van der Waals surface area contributed by atoms with E-state index in [-0.39, 0.29) is 11.9 Å². The van der Waals surface area contributed by atoms with Crippen molar-refractivity contribution in [2.75, 3.05) is 26.2 Å². The topological polar surface area (TPSA) is 73.5 Å². The van der Waals surface area contributed by atoms with Crippen LogP contribution in [0.25, 0.3) is 0 Å². The van der Waals surface area contributed by atoms with E-state index in [1.807, 2.05) is 6.92 Å². The fraction of sp³-hybridized carbons (Fsp3) is 0.867. The maximum Gasteiger partial charge on any atom is 0.321 e. The summed E-state index contributed by atoms with van der Waals surface area (Å²) in [5.74, 6) is -0.202. The van der Waals surface area contributed by atoms with Gasteiger partial charge in [-0.1, -0.05) is 13.3 Å². The lowest BCUT2D eigenvalue weighted by molar-refractivity contribution is -0.121. The summed E-state index contributed by atoms with van der Waals surface area (Å²) in [6.07, 6.45) is 6.90. The van der Waals surface area contributed by atoms with Crippen molar-refractivity contribution in [1.82, 2.24) is 20.9 Å². The Morgan fingerprint density at radius 2 is 2.05 bits per heavy atom. The van der Waals surface area contributed by atoms with Crippen LogP contribution in [-0.2, 0) is 4.79 Å². The summed E-state index contributed by atoms with van der Waals surface area (Å²) in [6.45, 7) is 4.89. The molecule has 1 aliphatic heterocycles. The largest absolute Gasteiger partial charge is 0.338 e. The Balaban J connectivity index is 1.73. The molecule has 2 rings (SSSR count). The van der Waals surface area contributed by atoms with Crippen molar-refractivity contribution in [3.8, 4) is 0 Å². The SMILES string of the molecule is CCCNC(=O)NC(=O)CN(CC1CCCCN1)C1CC1. The van der Waals surface area contributed by atoms with Crippen molar-refractivity contribution in [2.24, 2.45) is 0 Å². The lowest BCUT2D eigenvalue weighted by Gasteiger charge is -2.30. The summed E-state index contributed by atoms with van der Waals surface area (Å²) < 4.78 is 0. The van der Waals surface area contributed by atoms with Crippen LogP contribution in [0.5, 0.6) is 0 Å². The maximum absolute atomic E-state index is 12.0. The highest BCUT2D eigenvalue weighted by Gasteiger charge is 2.32. The van der Waals surface area contributed by atoms with E-state index in [2.05, 4.69) is 20.9 Å². The third-order valence-electron chi connectivity index (χ3n) is 4.07. The number of hydrogen-bond acceptors (Lipinski definition) is 4. The van der Waals surface area contributed by atoms with Gasteiger partial charge in [0.25, 0.3) is 0 Å². The third-order valence-corrected chi connectivity index (χ3v) is 4.07. The van der Waals surface area contributed by atoms with Crippen molar-refractivity contribution in [1.29, 1.82) is 0 Å².